The van der Waals surface area contributed by atoms with E-state index in [1.54, 1.807) is 12.4 Å². The van der Waals surface area contributed by atoms with Crippen LogP contribution in [0.15, 0.2) is 54.9 Å². The van der Waals surface area contributed by atoms with E-state index >= 15 is 0 Å². The van der Waals surface area contributed by atoms with Crippen LogP contribution in [0.5, 0.6) is 0 Å². The Kier molecular flexibility index (Phi) is 6.97. The molecule has 0 saturated carbocycles. The lowest BCUT2D eigenvalue weighted by Crippen LogP contribution is -2.64. The SMILES string of the molecule is O=C(c1ccncc1)N1C[C@H]2C[C@@H](C1)[C@H](Cc1ccccc1)N1CCCC[C@@H]21.O=CO. The van der Waals surface area contributed by atoms with Gasteiger partial charge >= 0.3 is 0 Å². The number of rotatable bonds is 3. The molecule has 1 aromatic carbocycles. The molecule has 3 aliphatic rings. The van der Waals surface area contributed by atoms with Gasteiger partial charge in [-0.05, 0) is 61.8 Å². The molecule has 31 heavy (non-hydrogen) atoms. The zero-order valence-corrected chi connectivity index (χ0v) is 17.8. The molecular weight excluding hydrogens is 390 g/mol. The second-order valence-corrected chi connectivity index (χ2v) is 8.87. The minimum atomic E-state index is -0.250. The maximum absolute atomic E-state index is 13.1. The molecular formula is C25H31N3O3. The molecule has 3 aliphatic heterocycles. The Hall–Kier alpha value is -2.73. The summed E-state index contributed by atoms with van der Waals surface area (Å²) < 4.78 is 0. The van der Waals surface area contributed by atoms with E-state index in [1.807, 2.05) is 12.1 Å². The Balaban J connectivity index is 0.000000730. The third-order valence-electron chi connectivity index (χ3n) is 7.12. The van der Waals surface area contributed by atoms with Crippen LogP contribution in [0.25, 0.3) is 0 Å². The van der Waals surface area contributed by atoms with Crippen molar-refractivity contribution in [1.29, 1.82) is 0 Å². The topological polar surface area (TPSA) is 73.7 Å². The highest BCUT2D eigenvalue weighted by molar-refractivity contribution is 5.94. The summed E-state index contributed by atoms with van der Waals surface area (Å²) in [5.41, 5.74) is 2.20. The van der Waals surface area contributed by atoms with Gasteiger partial charge in [0.25, 0.3) is 12.4 Å². The molecule has 1 aromatic heterocycles. The molecule has 1 N–H and O–H groups in total. The van der Waals surface area contributed by atoms with Crippen LogP contribution in [-0.4, -0.2) is 64.0 Å². The van der Waals surface area contributed by atoms with Crippen molar-refractivity contribution in [2.45, 2.75) is 44.2 Å². The van der Waals surface area contributed by atoms with Gasteiger partial charge in [0.05, 0.1) is 0 Å². The number of aromatic nitrogens is 1. The van der Waals surface area contributed by atoms with Crippen LogP contribution in [0.3, 0.4) is 0 Å². The highest BCUT2D eigenvalue weighted by atomic mass is 16.3. The number of carbonyl (C=O) groups excluding carboxylic acids is 1. The lowest BCUT2D eigenvalue weighted by molar-refractivity contribution is -0.122. The van der Waals surface area contributed by atoms with E-state index in [9.17, 15) is 4.79 Å². The van der Waals surface area contributed by atoms with Gasteiger partial charge in [-0.15, -0.1) is 0 Å². The van der Waals surface area contributed by atoms with Crippen molar-refractivity contribution in [1.82, 2.24) is 14.8 Å². The first-order valence-electron chi connectivity index (χ1n) is 11.3. The summed E-state index contributed by atoms with van der Waals surface area (Å²) in [6.07, 6.45) is 9.77. The Morgan fingerprint density at radius 2 is 1.77 bits per heavy atom. The van der Waals surface area contributed by atoms with Gasteiger partial charge in [-0.2, -0.15) is 0 Å². The second kappa shape index (κ2) is 10.1. The predicted octanol–water partition coefficient (Wildman–Crippen LogP) is 3.34. The highest BCUT2D eigenvalue weighted by Crippen LogP contribution is 2.42. The summed E-state index contributed by atoms with van der Waals surface area (Å²) in [5.74, 6) is 1.37. The molecule has 2 aromatic rings. The largest absolute Gasteiger partial charge is 0.483 e. The van der Waals surface area contributed by atoms with E-state index in [1.165, 1.54) is 37.8 Å². The molecule has 1 amide bonds. The fourth-order valence-corrected chi connectivity index (χ4v) is 5.89. The normalized spacial score (nSPS) is 27.4. The summed E-state index contributed by atoms with van der Waals surface area (Å²) in [4.78, 5) is 30.5. The van der Waals surface area contributed by atoms with E-state index in [0.717, 1.165) is 25.1 Å². The Bertz CT molecular complexity index is 861. The van der Waals surface area contributed by atoms with Gasteiger partial charge < -0.3 is 10.0 Å². The van der Waals surface area contributed by atoms with Crippen LogP contribution in [0, 0.1) is 11.8 Å². The molecule has 5 rings (SSSR count). The molecule has 0 unspecified atom stereocenters. The Morgan fingerprint density at radius 3 is 2.52 bits per heavy atom. The third kappa shape index (κ3) is 4.79. The first-order valence-corrected chi connectivity index (χ1v) is 11.3. The number of benzene rings is 1. The van der Waals surface area contributed by atoms with Crippen LogP contribution in [-0.2, 0) is 11.2 Å². The van der Waals surface area contributed by atoms with Gasteiger partial charge in [0.15, 0.2) is 0 Å². The summed E-state index contributed by atoms with van der Waals surface area (Å²) in [5, 5.41) is 6.89. The number of carbonyl (C=O) groups is 2. The standard InChI is InChI=1S/C24H29N3O.CH2O2/c28-24(19-9-11-25-12-10-19)26-16-20-15-21(17-26)23(14-18-6-2-1-3-7-18)27-13-5-4-8-22(20)27;2-1-3/h1-3,6-7,9-12,20-23H,4-5,8,13-17H2;1H,(H,2,3)/t20-,21+,22+,23+;/m1./s1. The lowest BCUT2D eigenvalue weighted by atomic mass is 9.71. The average Bonchev–Trinajstić information content (AvgIpc) is 2.83. The molecule has 3 fully saturated rings. The molecule has 0 aliphatic carbocycles. The minimum absolute atomic E-state index is 0.180. The molecule has 3 saturated heterocycles. The van der Waals surface area contributed by atoms with Crippen molar-refractivity contribution in [3.05, 3.63) is 66.0 Å². The monoisotopic (exact) mass is 421 g/mol. The first-order chi connectivity index (χ1) is 15.2. The summed E-state index contributed by atoms with van der Waals surface area (Å²) in [6.45, 7) is 2.78. The summed E-state index contributed by atoms with van der Waals surface area (Å²) in [7, 11) is 0. The molecule has 0 radical (unpaired) electrons. The average molecular weight is 422 g/mol. The molecule has 164 valence electrons. The maximum atomic E-state index is 13.1. The molecule has 6 nitrogen and oxygen atoms in total. The van der Waals surface area contributed by atoms with Gasteiger partial charge in [0.2, 0.25) is 0 Å². The lowest BCUT2D eigenvalue weighted by Gasteiger charge is -2.57. The number of amides is 1. The quantitative estimate of drug-likeness (QED) is 0.770. The fourth-order valence-electron chi connectivity index (χ4n) is 5.89. The van der Waals surface area contributed by atoms with Crippen molar-refractivity contribution >= 4 is 12.4 Å². The van der Waals surface area contributed by atoms with E-state index < -0.39 is 0 Å². The van der Waals surface area contributed by atoms with Crippen LogP contribution in [0.4, 0.5) is 0 Å². The zero-order valence-electron chi connectivity index (χ0n) is 17.8. The molecule has 4 heterocycles. The summed E-state index contributed by atoms with van der Waals surface area (Å²) in [6, 6.07) is 15.8. The van der Waals surface area contributed by atoms with E-state index in [-0.39, 0.29) is 12.4 Å². The summed E-state index contributed by atoms with van der Waals surface area (Å²) >= 11 is 0. The predicted molar refractivity (Wildman–Crippen MR) is 119 cm³/mol. The van der Waals surface area contributed by atoms with Crippen molar-refractivity contribution in [2.24, 2.45) is 11.8 Å². The van der Waals surface area contributed by atoms with Crippen molar-refractivity contribution in [3.63, 3.8) is 0 Å². The van der Waals surface area contributed by atoms with Crippen LogP contribution in [0.2, 0.25) is 0 Å². The van der Waals surface area contributed by atoms with Gasteiger partial charge in [-0.1, -0.05) is 36.8 Å². The maximum Gasteiger partial charge on any atom is 0.290 e. The number of carboxylic acid groups (broad SMARTS) is 1. The van der Waals surface area contributed by atoms with Crippen molar-refractivity contribution < 1.29 is 14.7 Å². The highest BCUT2D eigenvalue weighted by Gasteiger charge is 2.47. The third-order valence-corrected chi connectivity index (χ3v) is 7.12. The molecule has 2 bridgehead atoms. The second-order valence-electron chi connectivity index (χ2n) is 8.87. The number of hydrogen-bond acceptors (Lipinski definition) is 4. The Morgan fingerprint density at radius 1 is 1.06 bits per heavy atom. The number of nitrogens with zero attached hydrogens (tertiary/aromatic N) is 3. The van der Waals surface area contributed by atoms with Crippen LogP contribution >= 0.6 is 0 Å². The van der Waals surface area contributed by atoms with E-state index in [4.69, 9.17) is 9.90 Å². The number of pyridine rings is 1. The molecule has 4 atom stereocenters. The first kappa shape index (κ1) is 21.5. The van der Waals surface area contributed by atoms with Gasteiger partial charge in [0, 0.05) is 43.1 Å². The van der Waals surface area contributed by atoms with Crippen LogP contribution < -0.4 is 0 Å². The van der Waals surface area contributed by atoms with Gasteiger partial charge in [0.1, 0.15) is 0 Å². The zero-order chi connectivity index (χ0) is 21.6. The van der Waals surface area contributed by atoms with E-state index in [2.05, 4.69) is 45.1 Å². The molecule has 0 spiro atoms. The number of fused-ring (bicyclic) bond motifs is 4. The van der Waals surface area contributed by atoms with Crippen molar-refractivity contribution in [2.75, 3.05) is 19.6 Å². The van der Waals surface area contributed by atoms with Crippen LogP contribution in [0.1, 0.15) is 41.6 Å². The number of hydrogen-bond donors (Lipinski definition) is 1. The van der Waals surface area contributed by atoms with Gasteiger partial charge in [-0.25, -0.2) is 0 Å². The number of likely N-dealkylation sites (tertiary alicyclic amines) is 1. The van der Waals surface area contributed by atoms with E-state index in [0.29, 0.717) is 23.9 Å². The molecule has 6 heteroatoms. The Labute approximate surface area is 183 Å². The fraction of sp³-hybridized carbons (Fsp3) is 0.480. The minimum Gasteiger partial charge on any atom is -0.483 e. The smallest absolute Gasteiger partial charge is 0.290 e. The van der Waals surface area contributed by atoms with Gasteiger partial charge in [-0.3, -0.25) is 19.5 Å². The number of piperidine rings is 3. The van der Waals surface area contributed by atoms with Crippen molar-refractivity contribution in [3.8, 4) is 0 Å².